The number of rotatable bonds is 9. The average molecular weight is 574 g/mol. The van der Waals surface area contributed by atoms with Crippen LogP contribution in [0.2, 0.25) is 0 Å². The summed E-state index contributed by atoms with van der Waals surface area (Å²) >= 11 is 0. The Labute approximate surface area is 259 Å². The minimum absolute atomic E-state index is 0.305. The van der Waals surface area contributed by atoms with Crippen molar-refractivity contribution in [2.45, 2.75) is 79.1 Å². The molecule has 0 saturated heterocycles. The van der Waals surface area contributed by atoms with Crippen molar-refractivity contribution in [1.29, 1.82) is 0 Å². The summed E-state index contributed by atoms with van der Waals surface area (Å²) in [6, 6.07) is 33.6. The number of hydroxylamine groups is 2. The van der Waals surface area contributed by atoms with Gasteiger partial charge in [-0.25, -0.2) is 9.98 Å². The monoisotopic (exact) mass is 573 g/mol. The summed E-state index contributed by atoms with van der Waals surface area (Å²) in [5.74, 6) is 2.60. The Kier molecular flexibility index (Phi) is 10.7. The Hall–Kier alpha value is -4.02. The summed E-state index contributed by atoms with van der Waals surface area (Å²) < 4.78 is 0. The lowest BCUT2D eigenvalue weighted by Crippen LogP contribution is -2.37. The van der Waals surface area contributed by atoms with Gasteiger partial charge in [-0.3, -0.25) is 4.84 Å². The molecule has 0 aliphatic carbocycles. The number of para-hydroxylation sites is 2. The van der Waals surface area contributed by atoms with Crippen LogP contribution in [-0.2, 0) is 4.84 Å². The van der Waals surface area contributed by atoms with E-state index in [-0.39, 0.29) is 0 Å². The fourth-order valence-corrected chi connectivity index (χ4v) is 5.40. The van der Waals surface area contributed by atoms with Gasteiger partial charge < -0.3 is 0 Å². The maximum Gasteiger partial charge on any atom is 0.167 e. The molecule has 4 rings (SSSR count). The Morgan fingerprint density at radius 2 is 0.767 bits per heavy atom. The number of hydrogen-bond acceptors (Lipinski definition) is 3. The van der Waals surface area contributed by atoms with Crippen molar-refractivity contribution in [1.82, 2.24) is 5.06 Å². The van der Waals surface area contributed by atoms with E-state index in [4.69, 9.17) is 14.8 Å². The van der Waals surface area contributed by atoms with Gasteiger partial charge in [0.1, 0.15) is 0 Å². The molecule has 0 bridgehead atoms. The molecule has 0 heterocycles. The number of hydrogen-bond donors (Lipinski definition) is 0. The van der Waals surface area contributed by atoms with Crippen LogP contribution in [-0.4, -0.2) is 23.8 Å². The summed E-state index contributed by atoms with van der Waals surface area (Å²) in [6.45, 7) is 17.8. The SMILES string of the molecule is CON(C(=Nc1c(C(C)C)cccc1C(C)C)c1ccccc1)C(=Nc1c(C(C)C)cccc1C(C)C)c1ccccc1. The maximum atomic E-state index is 6.30. The summed E-state index contributed by atoms with van der Waals surface area (Å²) in [6.07, 6.45) is 0. The number of benzene rings is 4. The van der Waals surface area contributed by atoms with Gasteiger partial charge in [0.25, 0.3) is 0 Å². The van der Waals surface area contributed by atoms with E-state index in [0.717, 1.165) is 22.5 Å². The normalized spacial score (nSPS) is 12.6. The van der Waals surface area contributed by atoms with Crippen LogP contribution in [0.4, 0.5) is 11.4 Å². The molecular formula is C39H47N3O. The maximum absolute atomic E-state index is 6.30. The summed E-state index contributed by atoms with van der Waals surface area (Å²) in [7, 11) is 1.70. The third kappa shape index (κ3) is 7.32. The van der Waals surface area contributed by atoms with E-state index in [9.17, 15) is 0 Å². The molecule has 0 saturated carbocycles. The zero-order valence-corrected chi connectivity index (χ0v) is 27.3. The minimum Gasteiger partial charge on any atom is -0.269 e. The van der Waals surface area contributed by atoms with Crippen LogP contribution in [0.3, 0.4) is 0 Å². The predicted octanol–water partition coefficient (Wildman–Crippen LogP) is 10.9. The first-order valence-corrected chi connectivity index (χ1v) is 15.5. The summed E-state index contributed by atoms with van der Waals surface area (Å²) in [4.78, 5) is 17.3. The number of amidine groups is 2. The van der Waals surface area contributed by atoms with Crippen LogP contribution < -0.4 is 0 Å². The Bertz CT molecular complexity index is 1380. The van der Waals surface area contributed by atoms with E-state index in [2.05, 4.69) is 116 Å². The molecule has 0 atom stereocenters. The van der Waals surface area contributed by atoms with Crippen molar-refractivity contribution < 1.29 is 4.84 Å². The molecule has 224 valence electrons. The van der Waals surface area contributed by atoms with Crippen LogP contribution >= 0.6 is 0 Å². The van der Waals surface area contributed by atoms with Crippen molar-refractivity contribution in [2.75, 3.05) is 7.11 Å². The molecule has 0 aliphatic heterocycles. The van der Waals surface area contributed by atoms with Crippen LogP contribution in [0, 0.1) is 0 Å². The van der Waals surface area contributed by atoms with Crippen molar-refractivity contribution in [2.24, 2.45) is 9.98 Å². The zero-order valence-electron chi connectivity index (χ0n) is 27.3. The quantitative estimate of drug-likeness (QED) is 0.113. The van der Waals surface area contributed by atoms with E-state index in [0.29, 0.717) is 35.3 Å². The highest BCUT2D eigenvalue weighted by Gasteiger charge is 2.25. The van der Waals surface area contributed by atoms with E-state index in [1.165, 1.54) is 22.3 Å². The van der Waals surface area contributed by atoms with Crippen molar-refractivity contribution in [3.05, 3.63) is 130 Å². The molecular weight excluding hydrogens is 526 g/mol. The third-order valence-corrected chi connectivity index (χ3v) is 7.75. The molecule has 43 heavy (non-hydrogen) atoms. The largest absolute Gasteiger partial charge is 0.269 e. The highest BCUT2D eigenvalue weighted by molar-refractivity contribution is 6.15. The fraction of sp³-hybridized carbons (Fsp3) is 0.333. The molecule has 0 N–H and O–H groups in total. The summed E-state index contributed by atoms with van der Waals surface area (Å²) in [5.41, 5.74) is 8.71. The van der Waals surface area contributed by atoms with Crippen LogP contribution in [0.25, 0.3) is 0 Å². The first-order valence-electron chi connectivity index (χ1n) is 15.5. The third-order valence-electron chi connectivity index (χ3n) is 7.75. The molecule has 4 heteroatoms. The first-order chi connectivity index (χ1) is 20.6. The molecule has 0 amide bonds. The first kappa shape index (κ1) is 31.9. The number of nitrogens with zero attached hydrogens (tertiary/aromatic N) is 3. The molecule has 4 nitrogen and oxygen atoms in total. The van der Waals surface area contributed by atoms with Gasteiger partial charge in [-0.15, -0.1) is 0 Å². The lowest BCUT2D eigenvalue weighted by atomic mass is 9.92. The second-order valence-electron chi connectivity index (χ2n) is 12.3. The predicted molar refractivity (Wildman–Crippen MR) is 183 cm³/mol. The highest BCUT2D eigenvalue weighted by Crippen LogP contribution is 2.37. The smallest absolute Gasteiger partial charge is 0.167 e. The molecule has 0 aliphatic rings. The van der Waals surface area contributed by atoms with E-state index in [1.54, 1.807) is 7.11 Å². The molecule has 0 fully saturated rings. The second-order valence-corrected chi connectivity index (χ2v) is 12.3. The summed E-state index contributed by atoms with van der Waals surface area (Å²) in [5, 5.41) is 1.81. The number of aliphatic imine (C=N–C) groups is 2. The molecule has 0 radical (unpaired) electrons. The molecule has 0 spiro atoms. The minimum atomic E-state index is 0.305. The molecule has 0 aromatic heterocycles. The zero-order chi connectivity index (χ0) is 31.1. The molecule has 0 unspecified atom stereocenters. The van der Waals surface area contributed by atoms with Gasteiger partial charge in [0, 0.05) is 11.1 Å². The van der Waals surface area contributed by atoms with Crippen molar-refractivity contribution in [3.8, 4) is 0 Å². The van der Waals surface area contributed by atoms with Crippen LogP contribution in [0.5, 0.6) is 0 Å². The van der Waals surface area contributed by atoms with Gasteiger partial charge in [0.05, 0.1) is 18.5 Å². The average Bonchev–Trinajstić information content (AvgIpc) is 3.00. The standard InChI is InChI=1S/C39H47N3O/c1-26(2)32-22-16-23-33(27(3)4)36(32)40-38(30-18-12-10-13-19-30)42(43-9)39(31-20-14-11-15-21-31)41-37-34(28(5)6)24-17-25-35(37)29(7)8/h10-29H,1-9H3. The van der Waals surface area contributed by atoms with E-state index < -0.39 is 0 Å². The Morgan fingerprint density at radius 3 is 1.02 bits per heavy atom. The topological polar surface area (TPSA) is 37.2 Å². The van der Waals surface area contributed by atoms with Gasteiger partial charge in [-0.2, -0.15) is 5.06 Å². The van der Waals surface area contributed by atoms with Gasteiger partial charge in [-0.1, -0.05) is 152 Å². The molecule has 4 aromatic carbocycles. The lowest BCUT2D eigenvalue weighted by molar-refractivity contribution is 0.00181. The van der Waals surface area contributed by atoms with Crippen molar-refractivity contribution >= 4 is 23.0 Å². The Morgan fingerprint density at radius 1 is 0.465 bits per heavy atom. The fourth-order valence-electron chi connectivity index (χ4n) is 5.40. The van der Waals surface area contributed by atoms with E-state index in [1.807, 2.05) is 41.5 Å². The van der Waals surface area contributed by atoms with Crippen LogP contribution in [0.15, 0.2) is 107 Å². The van der Waals surface area contributed by atoms with Crippen molar-refractivity contribution in [3.63, 3.8) is 0 Å². The highest BCUT2D eigenvalue weighted by atomic mass is 16.7. The van der Waals surface area contributed by atoms with Gasteiger partial charge >= 0.3 is 0 Å². The van der Waals surface area contributed by atoms with E-state index >= 15 is 0 Å². The van der Waals surface area contributed by atoms with Crippen LogP contribution in [0.1, 0.15) is 112 Å². The second kappa shape index (κ2) is 14.4. The van der Waals surface area contributed by atoms with Gasteiger partial charge in [-0.05, 0) is 45.9 Å². The Balaban J connectivity index is 2.10. The lowest BCUT2D eigenvalue weighted by Gasteiger charge is -2.27. The van der Waals surface area contributed by atoms with Gasteiger partial charge in [0.15, 0.2) is 11.7 Å². The van der Waals surface area contributed by atoms with Gasteiger partial charge in [0.2, 0.25) is 0 Å². The molecule has 4 aromatic rings.